The van der Waals surface area contributed by atoms with Crippen molar-refractivity contribution >= 4 is 35.6 Å². The number of hydrogen-bond donors (Lipinski definition) is 9. The van der Waals surface area contributed by atoms with Gasteiger partial charge in [-0.3, -0.25) is 24.0 Å². The molecule has 4 amide bonds. The number of aliphatic hydroxyl groups is 1. The highest BCUT2D eigenvalue weighted by molar-refractivity contribution is 5.95. The van der Waals surface area contributed by atoms with Gasteiger partial charge in [-0.15, -0.1) is 0 Å². The summed E-state index contributed by atoms with van der Waals surface area (Å²) in [6.45, 7) is -0.955. The highest BCUT2D eigenvalue weighted by atomic mass is 16.4. The fourth-order valence-corrected chi connectivity index (χ4v) is 2.67. The van der Waals surface area contributed by atoms with Gasteiger partial charge in [0, 0.05) is 24.7 Å². The van der Waals surface area contributed by atoms with Crippen LogP contribution in [0.3, 0.4) is 0 Å². The molecular weight excluding hydrogens is 458 g/mol. The van der Waals surface area contributed by atoms with E-state index in [0.717, 1.165) is 0 Å². The van der Waals surface area contributed by atoms with E-state index in [9.17, 15) is 28.8 Å². The Hall–Kier alpha value is -4.05. The number of H-pyrrole nitrogens is 1. The van der Waals surface area contributed by atoms with Gasteiger partial charge in [-0.2, -0.15) is 0 Å². The summed E-state index contributed by atoms with van der Waals surface area (Å²) in [6.07, 6.45) is 1.18. The molecule has 0 fully saturated rings. The van der Waals surface area contributed by atoms with E-state index in [1.807, 2.05) is 5.32 Å². The zero-order valence-corrected chi connectivity index (χ0v) is 17.9. The molecule has 0 aliphatic heterocycles. The first-order valence-corrected chi connectivity index (χ1v) is 9.92. The molecule has 0 saturated carbocycles. The Labute approximate surface area is 192 Å². The highest BCUT2D eigenvalue weighted by Crippen LogP contribution is 2.03. The van der Waals surface area contributed by atoms with Gasteiger partial charge in [0.05, 0.1) is 25.4 Å². The molecular formula is C18H27N7O9. The number of primary amides is 1. The third kappa shape index (κ3) is 9.61. The summed E-state index contributed by atoms with van der Waals surface area (Å²) in [5.41, 5.74) is 11.4. The minimum absolute atomic E-state index is 0.00855. The Morgan fingerprint density at radius 2 is 1.56 bits per heavy atom. The van der Waals surface area contributed by atoms with Crippen LogP contribution < -0.4 is 27.4 Å². The standard InChI is InChI=1S/C18H27N7O9/c19-9(3-8-5-21-7-22-8)15(30)24-11(4-14(28)29)17(32)23-10(1-2-13(20)27)16(31)25-12(6-26)18(33)34/h5,7,9-12,26H,1-4,6,19H2,(H2,20,27)(H,21,22)(H,23,32)(H,24,30)(H,25,31)(H,28,29)(H,33,34). The third-order valence-corrected chi connectivity index (χ3v) is 4.45. The maximum absolute atomic E-state index is 12.7. The molecule has 16 nitrogen and oxygen atoms in total. The van der Waals surface area contributed by atoms with Crippen LogP contribution in [0, 0.1) is 0 Å². The van der Waals surface area contributed by atoms with Crippen molar-refractivity contribution in [3.05, 3.63) is 18.2 Å². The molecule has 0 saturated heterocycles. The number of aliphatic carboxylic acids is 2. The van der Waals surface area contributed by atoms with Gasteiger partial charge in [-0.25, -0.2) is 9.78 Å². The molecule has 1 rings (SSSR count). The van der Waals surface area contributed by atoms with Gasteiger partial charge in [0.15, 0.2) is 0 Å². The Balaban J connectivity index is 2.95. The molecule has 0 aliphatic carbocycles. The van der Waals surface area contributed by atoms with Gasteiger partial charge in [-0.05, 0) is 6.42 Å². The van der Waals surface area contributed by atoms with Crippen molar-refractivity contribution in [2.75, 3.05) is 6.61 Å². The van der Waals surface area contributed by atoms with E-state index < -0.39 is 72.8 Å². The Bertz CT molecular complexity index is 890. The lowest BCUT2D eigenvalue weighted by Gasteiger charge is -2.24. The van der Waals surface area contributed by atoms with Gasteiger partial charge < -0.3 is 47.7 Å². The van der Waals surface area contributed by atoms with Crippen molar-refractivity contribution in [2.24, 2.45) is 11.5 Å². The number of rotatable bonds is 15. The fourth-order valence-electron chi connectivity index (χ4n) is 2.67. The van der Waals surface area contributed by atoms with Gasteiger partial charge in [0.2, 0.25) is 23.6 Å². The van der Waals surface area contributed by atoms with E-state index in [1.165, 1.54) is 12.5 Å². The number of nitrogens with one attached hydrogen (secondary N) is 4. The second kappa shape index (κ2) is 13.5. The molecule has 1 aromatic rings. The van der Waals surface area contributed by atoms with E-state index in [2.05, 4.69) is 20.6 Å². The van der Waals surface area contributed by atoms with E-state index in [0.29, 0.717) is 5.69 Å². The Kier molecular flexibility index (Phi) is 11.1. The molecule has 11 N–H and O–H groups in total. The molecule has 34 heavy (non-hydrogen) atoms. The quantitative estimate of drug-likeness (QED) is 0.114. The second-order valence-corrected chi connectivity index (χ2v) is 7.19. The van der Waals surface area contributed by atoms with Crippen molar-refractivity contribution in [2.45, 2.75) is 49.9 Å². The van der Waals surface area contributed by atoms with Crippen molar-refractivity contribution in [3.8, 4) is 0 Å². The van der Waals surface area contributed by atoms with E-state index in [-0.39, 0.29) is 19.3 Å². The van der Waals surface area contributed by atoms with Gasteiger partial charge in [0.25, 0.3) is 0 Å². The smallest absolute Gasteiger partial charge is 0.328 e. The number of aromatic amines is 1. The summed E-state index contributed by atoms with van der Waals surface area (Å²) >= 11 is 0. The minimum atomic E-state index is -1.70. The summed E-state index contributed by atoms with van der Waals surface area (Å²) in [7, 11) is 0. The van der Waals surface area contributed by atoms with Gasteiger partial charge in [0.1, 0.15) is 18.1 Å². The molecule has 4 atom stereocenters. The van der Waals surface area contributed by atoms with E-state index in [4.69, 9.17) is 26.8 Å². The summed E-state index contributed by atoms with van der Waals surface area (Å²) in [4.78, 5) is 77.4. The van der Waals surface area contributed by atoms with Crippen LogP contribution in [0.4, 0.5) is 0 Å². The average Bonchev–Trinajstić information content (AvgIpc) is 3.26. The van der Waals surface area contributed by atoms with E-state index >= 15 is 0 Å². The number of amides is 4. The van der Waals surface area contributed by atoms with Crippen LogP contribution in [0.1, 0.15) is 25.0 Å². The largest absolute Gasteiger partial charge is 0.481 e. The maximum Gasteiger partial charge on any atom is 0.328 e. The summed E-state index contributed by atoms with van der Waals surface area (Å²) in [5.74, 6) is -6.88. The molecule has 0 radical (unpaired) electrons. The molecule has 0 bridgehead atoms. The zero-order chi connectivity index (χ0) is 25.8. The zero-order valence-electron chi connectivity index (χ0n) is 17.9. The van der Waals surface area contributed by atoms with Crippen molar-refractivity contribution < 1.29 is 44.1 Å². The van der Waals surface area contributed by atoms with Crippen molar-refractivity contribution in [3.63, 3.8) is 0 Å². The first-order chi connectivity index (χ1) is 15.9. The third-order valence-electron chi connectivity index (χ3n) is 4.45. The Morgan fingerprint density at radius 1 is 0.971 bits per heavy atom. The van der Waals surface area contributed by atoms with Crippen LogP contribution in [-0.4, -0.2) is 91.6 Å². The Morgan fingerprint density at radius 3 is 2.06 bits per heavy atom. The molecule has 0 aromatic carbocycles. The van der Waals surface area contributed by atoms with E-state index in [1.54, 1.807) is 0 Å². The molecule has 16 heteroatoms. The molecule has 188 valence electrons. The molecule has 4 unspecified atom stereocenters. The first kappa shape index (κ1) is 28.0. The summed E-state index contributed by atoms with van der Waals surface area (Å²) in [6, 6.07) is -6.05. The number of nitrogens with two attached hydrogens (primary N) is 2. The number of aliphatic hydroxyl groups excluding tert-OH is 1. The highest BCUT2D eigenvalue weighted by Gasteiger charge is 2.31. The normalized spacial score (nSPS) is 14.2. The molecule has 1 heterocycles. The lowest BCUT2D eigenvalue weighted by Crippen LogP contribution is -2.58. The number of hydrogen-bond acceptors (Lipinski definition) is 9. The maximum atomic E-state index is 12.7. The van der Waals surface area contributed by atoms with Crippen LogP contribution in [0.5, 0.6) is 0 Å². The van der Waals surface area contributed by atoms with Crippen LogP contribution in [0.2, 0.25) is 0 Å². The van der Waals surface area contributed by atoms with Crippen LogP contribution in [0.15, 0.2) is 12.5 Å². The van der Waals surface area contributed by atoms with Gasteiger partial charge in [-0.1, -0.05) is 0 Å². The van der Waals surface area contributed by atoms with Crippen molar-refractivity contribution in [1.82, 2.24) is 25.9 Å². The first-order valence-electron chi connectivity index (χ1n) is 9.92. The number of carboxylic acid groups (broad SMARTS) is 2. The molecule has 1 aromatic heterocycles. The van der Waals surface area contributed by atoms with Crippen molar-refractivity contribution in [1.29, 1.82) is 0 Å². The topological polar surface area (TPSA) is 280 Å². The monoisotopic (exact) mass is 485 g/mol. The van der Waals surface area contributed by atoms with Crippen LogP contribution in [0.25, 0.3) is 0 Å². The second-order valence-electron chi connectivity index (χ2n) is 7.19. The predicted octanol–water partition coefficient (Wildman–Crippen LogP) is -4.45. The number of nitrogens with zero attached hydrogens (tertiary/aromatic N) is 1. The SMILES string of the molecule is NC(=O)CCC(NC(=O)C(CC(=O)O)NC(=O)C(N)Cc1cnc[nH]1)C(=O)NC(CO)C(=O)O. The summed E-state index contributed by atoms with van der Waals surface area (Å²) in [5, 5.41) is 33.5. The average molecular weight is 485 g/mol. The lowest BCUT2D eigenvalue weighted by atomic mass is 10.1. The number of aromatic nitrogens is 2. The van der Waals surface area contributed by atoms with Crippen LogP contribution in [-0.2, 0) is 35.2 Å². The lowest BCUT2D eigenvalue weighted by molar-refractivity contribution is -0.144. The van der Waals surface area contributed by atoms with Gasteiger partial charge >= 0.3 is 11.9 Å². The molecule has 0 aliphatic rings. The number of imidazole rings is 1. The molecule has 0 spiro atoms. The number of carbonyl (C=O) groups is 6. The fraction of sp³-hybridized carbons (Fsp3) is 0.500. The van der Waals surface area contributed by atoms with Crippen LogP contribution >= 0.6 is 0 Å². The summed E-state index contributed by atoms with van der Waals surface area (Å²) < 4.78 is 0. The minimum Gasteiger partial charge on any atom is -0.481 e. The predicted molar refractivity (Wildman–Crippen MR) is 111 cm³/mol. The number of carboxylic acids is 2. The number of carbonyl (C=O) groups excluding carboxylic acids is 4.